The third-order valence-corrected chi connectivity index (χ3v) is 3.33. The average Bonchev–Trinajstić information content (AvgIpc) is 2.23. The van der Waals surface area contributed by atoms with E-state index in [4.69, 9.17) is 4.74 Å². The summed E-state index contributed by atoms with van der Waals surface area (Å²) >= 11 is 0. The number of hydrogen-bond donors (Lipinski definition) is 0. The Morgan fingerprint density at radius 3 is 1.90 bits per heavy atom. The van der Waals surface area contributed by atoms with Crippen LogP contribution < -0.4 is 0 Å². The van der Waals surface area contributed by atoms with Gasteiger partial charge in [-0.25, -0.2) is 4.79 Å². The fourth-order valence-electron chi connectivity index (χ4n) is 2.54. The minimum absolute atomic E-state index is 0.0116. The standard InChI is InChI=1S/C15H28N2O3/c1-10(2)13(18)16-8-11(3)17(12(4)9-16)14(19)20-15(5,6)7/h10-12H,8-9H2,1-7H3. The van der Waals surface area contributed by atoms with Gasteiger partial charge in [0, 0.05) is 19.0 Å². The summed E-state index contributed by atoms with van der Waals surface area (Å²) in [7, 11) is 0. The number of hydrogen-bond acceptors (Lipinski definition) is 3. The Morgan fingerprint density at radius 1 is 1.10 bits per heavy atom. The molecule has 1 rings (SSSR count). The van der Waals surface area contributed by atoms with Crippen molar-refractivity contribution in [2.75, 3.05) is 13.1 Å². The first-order valence-corrected chi connectivity index (χ1v) is 7.33. The van der Waals surface area contributed by atoms with Gasteiger partial charge in [-0.3, -0.25) is 9.69 Å². The van der Waals surface area contributed by atoms with Gasteiger partial charge in [0.25, 0.3) is 0 Å². The van der Waals surface area contributed by atoms with Crippen molar-refractivity contribution >= 4 is 12.0 Å². The molecular weight excluding hydrogens is 256 g/mol. The van der Waals surface area contributed by atoms with Gasteiger partial charge in [0.05, 0.1) is 12.1 Å². The van der Waals surface area contributed by atoms with Crippen LogP contribution in [0.2, 0.25) is 0 Å². The highest BCUT2D eigenvalue weighted by Crippen LogP contribution is 2.21. The maximum atomic E-state index is 12.2. The van der Waals surface area contributed by atoms with Crippen LogP contribution in [0.4, 0.5) is 4.79 Å². The van der Waals surface area contributed by atoms with Crippen LogP contribution in [0.5, 0.6) is 0 Å². The second kappa shape index (κ2) is 6.02. The second-order valence-electron chi connectivity index (χ2n) is 6.98. The van der Waals surface area contributed by atoms with E-state index in [2.05, 4.69) is 0 Å². The lowest BCUT2D eigenvalue weighted by molar-refractivity contribution is -0.138. The maximum Gasteiger partial charge on any atom is 0.410 e. The number of carbonyl (C=O) groups excluding carboxylic acids is 2. The SMILES string of the molecule is CC(C)C(=O)N1CC(C)N(C(=O)OC(C)(C)C)C(C)C1. The molecule has 0 saturated carbocycles. The molecule has 0 aromatic carbocycles. The number of nitrogens with zero attached hydrogens (tertiary/aromatic N) is 2. The molecule has 0 aromatic rings. The summed E-state index contributed by atoms with van der Waals surface area (Å²) in [5.74, 6) is 0.134. The van der Waals surface area contributed by atoms with Crippen molar-refractivity contribution in [3.8, 4) is 0 Å². The van der Waals surface area contributed by atoms with Crippen LogP contribution in [0.3, 0.4) is 0 Å². The summed E-state index contributed by atoms with van der Waals surface area (Å²) in [6.07, 6.45) is -0.297. The van der Waals surface area contributed by atoms with Gasteiger partial charge in [0.15, 0.2) is 0 Å². The normalized spacial score (nSPS) is 24.0. The van der Waals surface area contributed by atoms with Crippen LogP contribution in [0, 0.1) is 5.92 Å². The van der Waals surface area contributed by atoms with Crippen molar-refractivity contribution in [2.45, 2.75) is 66.2 Å². The third-order valence-electron chi connectivity index (χ3n) is 3.33. The first-order valence-electron chi connectivity index (χ1n) is 7.33. The summed E-state index contributed by atoms with van der Waals surface area (Å²) in [6, 6.07) is -0.0624. The predicted molar refractivity (Wildman–Crippen MR) is 78.4 cm³/mol. The number of amides is 2. The van der Waals surface area contributed by atoms with Crippen LogP contribution in [-0.4, -0.2) is 52.6 Å². The topological polar surface area (TPSA) is 49.9 Å². The lowest BCUT2D eigenvalue weighted by Crippen LogP contribution is -2.60. The fourth-order valence-corrected chi connectivity index (χ4v) is 2.54. The summed E-state index contributed by atoms with van der Waals surface area (Å²) in [5, 5.41) is 0. The Labute approximate surface area is 122 Å². The summed E-state index contributed by atoms with van der Waals surface area (Å²) in [4.78, 5) is 27.9. The van der Waals surface area contributed by atoms with Crippen LogP contribution in [0.15, 0.2) is 0 Å². The van der Waals surface area contributed by atoms with E-state index in [1.807, 2.05) is 53.4 Å². The van der Waals surface area contributed by atoms with Gasteiger partial charge in [-0.05, 0) is 34.6 Å². The molecule has 1 aliphatic rings. The van der Waals surface area contributed by atoms with Gasteiger partial charge in [0.2, 0.25) is 5.91 Å². The molecule has 5 heteroatoms. The summed E-state index contributed by atoms with van der Waals surface area (Å²) < 4.78 is 5.44. The molecule has 0 spiro atoms. The molecule has 0 bridgehead atoms. The summed E-state index contributed by atoms with van der Waals surface area (Å²) in [6.45, 7) is 14.4. The Bertz CT molecular complexity index is 362. The van der Waals surface area contributed by atoms with Crippen molar-refractivity contribution < 1.29 is 14.3 Å². The smallest absolute Gasteiger partial charge is 0.410 e. The Kier molecular flexibility index (Phi) is 5.05. The van der Waals surface area contributed by atoms with Crippen LogP contribution in [0.1, 0.15) is 48.5 Å². The van der Waals surface area contributed by atoms with Crippen molar-refractivity contribution in [3.63, 3.8) is 0 Å². The molecule has 0 aliphatic carbocycles. The average molecular weight is 284 g/mol. The molecule has 1 saturated heterocycles. The highest BCUT2D eigenvalue weighted by molar-refractivity contribution is 5.78. The monoisotopic (exact) mass is 284 g/mol. The number of piperazine rings is 1. The Morgan fingerprint density at radius 2 is 1.55 bits per heavy atom. The number of ether oxygens (including phenoxy) is 1. The highest BCUT2D eigenvalue weighted by Gasteiger charge is 2.37. The largest absolute Gasteiger partial charge is 0.444 e. The molecule has 1 aliphatic heterocycles. The quantitative estimate of drug-likeness (QED) is 0.743. The Balaban J connectivity index is 2.75. The predicted octanol–water partition coefficient (Wildman–Crippen LogP) is 2.50. The lowest BCUT2D eigenvalue weighted by Gasteiger charge is -2.44. The molecule has 2 unspecified atom stereocenters. The second-order valence-corrected chi connectivity index (χ2v) is 6.98. The molecule has 1 heterocycles. The molecule has 20 heavy (non-hydrogen) atoms. The zero-order valence-electron chi connectivity index (χ0n) is 13.8. The van der Waals surface area contributed by atoms with Gasteiger partial charge < -0.3 is 9.64 Å². The van der Waals surface area contributed by atoms with Crippen molar-refractivity contribution in [3.05, 3.63) is 0 Å². The van der Waals surface area contributed by atoms with Gasteiger partial charge in [0.1, 0.15) is 5.60 Å². The minimum Gasteiger partial charge on any atom is -0.444 e. The van der Waals surface area contributed by atoms with Gasteiger partial charge in [-0.1, -0.05) is 13.8 Å². The van der Waals surface area contributed by atoms with E-state index in [1.165, 1.54) is 0 Å². The molecular formula is C15H28N2O3. The highest BCUT2D eigenvalue weighted by atomic mass is 16.6. The number of carbonyl (C=O) groups is 2. The molecule has 0 aromatic heterocycles. The van der Waals surface area contributed by atoms with Crippen molar-refractivity contribution in [1.29, 1.82) is 0 Å². The van der Waals surface area contributed by atoms with E-state index in [0.717, 1.165) is 0 Å². The zero-order chi connectivity index (χ0) is 15.7. The first kappa shape index (κ1) is 16.8. The van der Waals surface area contributed by atoms with E-state index in [0.29, 0.717) is 13.1 Å². The molecule has 116 valence electrons. The first-order chi connectivity index (χ1) is 9.03. The van der Waals surface area contributed by atoms with Crippen molar-refractivity contribution in [1.82, 2.24) is 9.80 Å². The van der Waals surface area contributed by atoms with E-state index < -0.39 is 5.60 Å². The van der Waals surface area contributed by atoms with Gasteiger partial charge >= 0.3 is 6.09 Å². The molecule has 2 atom stereocenters. The van der Waals surface area contributed by atoms with Gasteiger partial charge in [-0.15, -0.1) is 0 Å². The van der Waals surface area contributed by atoms with Crippen LogP contribution in [0.25, 0.3) is 0 Å². The Hall–Kier alpha value is -1.26. The van der Waals surface area contributed by atoms with Crippen LogP contribution in [-0.2, 0) is 9.53 Å². The molecule has 0 N–H and O–H groups in total. The zero-order valence-corrected chi connectivity index (χ0v) is 13.8. The van der Waals surface area contributed by atoms with Gasteiger partial charge in [-0.2, -0.15) is 0 Å². The molecule has 1 fully saturated rings. The minimum atomic E-state index is -0.499. The van der Waals surface area contributed by atoms with E-state index in [9.17, 15) is 9.59 Å². The number of rotatable bonds is 1. The van der Waals surface area contributed by atoms with E-state index >= 15 is 0 Å². The van der Waals surface area contributed by atoms with Crippen molar-refractivity contribution in [2.24, 2.45) is 5.92 Å². The molecule has 5 nitrogen and oxygen atoms in total. The molecule has 0 radical (unpaired) electrons. The third kappa shape index (κ3) is 4.12. The summed E-state index contributed by atoms with van der Waals surface area (Å²) in [5.41, 5.74) is -0.499. The molecule has 2 amide bonds. The van der Waals surface area contributed by atoms with E-state index in [-0.39, 0.29) is 30.0 Å². The van der Waals surface area contributed by atoms with E-state index in [1.54, 1.807) is 4.90 Å². The maximum absolute atomic E-state index is 12.2. The fraction of sp³-hybridized carbons (Fsp3) is 0.867. The lowest BCUT2D eigenvalue weighted by atomic mass is 10.1. The van der Waals surface area contributed by atoms with Crippen LogP contribution >= 0.6 is 0 Å².